The van der Waals surface area contributed by atoms with Crippen molar-refractivity contribution in [2.75, 3.05) is 26.2 Å². The summed E-state index contributed by atoms with van der Waals surface area (Å²) in [7, 11) is 0. The minimum atomic E-state index is -0.166. The molecule has 4 heterocycles. The van der Waals surface area contributed by atoms with Crippen molar-refractivity contribution in [1.29, 1.82) is 0 Å². The van der Waals surface area contributed by atoms with E-state index in [4.69, 9.17) is 0 Å². The number of aromatic nitrogens is 3. The Labute approximate surface area is 163 Å². The summed E-state index contributed by atoms with van der Waals surface area (Å²) >= 11 is 1.60. The quantitative estimate of drug-likeness (QED) is 0.786. The highest BCUT2D eigenvalue weighted by Crippen LogP contribution is 2.29. The molecule has 144 valence electrons. The standard InChI is InChI=1S/C19H25N5O2S/c1-2-22-10-15(9-17(22)25)19(26)23-6-3-14(4-7-23)18-20-5-8-24(18)11-16-12-27-13-21-16/h5,8,12-15H,2-4,6-7,9-11H2,1H3/t15-/m0/s1. The number of piperidine rings is 1. The van der Waals surface area contributed by atoms with E-state index in [0.29, 0.717) is 25.4 Å². The molecule has 7 nitrogen and oxygen atoms in total. The van der Waals surface area contributed by atoms with E-state index in [9.17, 15) is 9.59 Å². The smallest absolute Gasteiger partial charge is 0.227 e. The lowest BCUT2D eigenvalue weighted by atomic mass is 9.94. The van der Waals surface area contributed by atoms with Crippen molar-refractivity contribution in [3.05, 3.63) is 34.8 Å². The fourth-order valence-electron chi connectivity index (χ4n) is 4.16. The van der Waals surface area contributed by atoms with Gasteiger partial charge in [-0.1, -0.05) is 0 Å². The first-order chi connectivity index (χ1) is 13.2. The van der Waals surface area contributed by atoms with Gasteiger partial charge in [0.25, 0.3) is 0 Å². The van der Waals surface area contributed by atoms with Gasteiger partial charge in [0, 0.05) is 56.3 Å². The summed E-state index contributed by atoms with van der Waals surface area (Å²) in [5.74, 6) is 1.53. The number of carbonyl (C=O) groups excluding carboxylic acids is 2. The molecule has 2 saturated heterocycles. The molecule has 0 saturated carbocycles. The Kier molecular flexibility index (Phi) is 5.24. The molecule has 27 heavy (non-hydrogen) atoms. The van der Waals surface area contributed by atoms with Crippen molar-refractivity contribution in [3.8, 4) is 0 Å². The molecule has 2 amide bonds. The van der Waals surface area contributed by atoms with Gasteiger partial charge in [-0.05, 0) is 19.8 Å². The van der Waals surface area contributed by atoms with Crippen LogP contribution < -0.4 is 0 Å². The molecule has 0 aromatic carbocycles. The first-order valence-corrected chi connectivity index (χ1v) is 10.5. The summed E-state index contributed by atoms with van der Waals surface area (Å²) in [5.41, 5.74) is 2.90. The second kappa shape index (κ2) is 7.80. The van der Waals surface area contributed by atoms with E-state index in [2.05, 4.69) is 19.9 Å². The third-order valence-electron chi connectivity index (χ3n) is 5.68. The number of rotatable bonds is 5. The predicted molar refractivity (Wildman–Crippen MR) is 102 cm³/mol. The minimum absolute atomic E-state index is 0.106. The zero-order chi connectivity index (χ0) is 18.8. The average molecular weight is 388 g/mol. The van der Waals surface area contributed by atoms with Crippen LogP contribution in [0.5, 0.6) is 0 Å². The number of amides is 2. The highest BCUT2D eigenvalue weighted by atomic mass is 32.1. The molecule has 2 aliphatic rings. The molecule has 0 spiro atoms. The zero-order valence-electron chi connectivity index (χ0n) is 15.6. The van der Waals surface area contributed by atoms with Crippen LogP contribution >= 0.6 is 11.3 Å². The molecule has 0 bridgehead atoms. The summed E-state index contributed by atoms with van der Waals surface area (Å²) in [6.07, 6.45) is 6.05. The monoisotopic (exact) mass is 387 g/mol. The van der Waals surface area contributed by atoms with Crippen molar-refractivity contribution < 1.29 is 9.59 Å². The van der Waals surface area contributed by atoms with Crippen LogP contribution in [0.4, 0.5) is 0 Å². The van der Waals surface area contributed by atoms with Gasteiger partial charge in [-0.25, -0.2) is 9.97 Å². The highest BCUT2D eigenvalue weighted by Gasteiger charge is 2.37. The lowest BCUT2D eigenvalue weighted by molar-refractivity contribution is -0.136. The first kappa shape index (κ1) is 18.2. The van der Waals surface area contributed by atoms with E-state index in [1.807, 2.05) is 29.7 Å². The highest BCUT2D eigenvalue weighted by molar-refractivity contribution is 7.07. The van der Waals surface area contributed by atoms with Crippen LogP contribution in [0.25, 0.3) is 0 Å². The van der Waals surface area contributed by atoms with Crippen LogP contribution in [0.15, 0.2) is 23.3 Å². The summed E-state index contributed by atoms with van der Waals surface area (Å²) in [6.45, 7) is 5.45. The lowest BCUT2D eigenvalue weighted by Crippen LogP contribution is -2.42. The molecule has 4 rings (SSSR count). The molecule has 2 fully saturated rings. The van der Waals surface area contributed by atoms with Crippen molar-refractivity contribution >= 4 is 23.2 Å². The number of thiazole rings is 1. The van der Waals surface area contributed by atoms with Crippen LogP contribution in [-0.4, -0.2) is 62.3 Å². The second-order valence-electron chi connectivity index (χ2n) is 7.33. The van der Waals surface area contributed by atoms with Crippen molar-refractivity contribution in [1.82, 2.24) is 24.3 Å². The van der Waals surface area contributed by atoms with Gasteiger partial charge in [-0.15, -0.1) is 11.3 Å². The van der Waals surface area contributed by atoms with Crippen molar-refractivity contribution in [2.24, 2.45) is 5.92 Å². The molecule has 0 unspecified atom stereocenters. The average Bonchev–Trinajstić information content (AvgIpc) is 3.43. The third-order valence-corrected chi connectivity index (χ3v) is 6.32. The molecular formula is C19H25N5O2S. The number of imidazole rings is 1. The summed E-state index contributed by atoms with van der Waals surface area (Å²) in [4.78, 5) is 37.4. The Bertz CT molecular complexity index is 795. The van der Waals surface area contributed by atoms with Gasteiger partial charge in [0.05, 0.1) is 23.7 Å². The number of likely N-dealkylation sites (tertiary alicyclic amines) is 2. The van der Waals surface area contributed by atoms with Crippen molar-refractivity contribution in [2.45, 2.75) is 38.6 Å². The molecule has 0 N–H and O–H groups in total. The van der Waals surface area contributed by atoms with Gasteiger partial charge in [0.1, 0.15) is 5.82 Å². The fourth-order valence-corrected chi connectivity index (χ4v) is 4.71. The number of hydrogen-bond acceptors (Lipinski definition) is 5. The van der Waals surface area contributed by atoms with Gasteiger partial charge in [0.15, 0.2) is 0 Å². The number of hydrogen-bond donors (Lipinski definition) is 0. The maximum atomic E-state index is 12.8. The molecule has 2 aromatic heterocycles. The SMILES string of the molecule is CCN1C[C@@H](C(=O)N2CCC(c3nccn3Cc3cscn3)CC2)CC1=O. The van der Waals surface area contributed by atoms with Gasteiger partial charge >= 0.3 is 0 Å². The largest absolute Gasteiger partial charge is 0.342 e. The minimum Gasteiger partial charge on any atom is -0.342 e. The summed E-state index contributed by atoms with van der Waals surface area (Å²) < 4.78 is 2.17. The predicted octanol–water partition coefficient (Wildman–Crippen LogP) is 1.96. The zero-order valence-corrected chi connectivity index (χ0v) is 16.4. The molecule has 0 aliphatic carbocycles. The van der Waals surface area contributed by atoms with E-state index < -0.39 is 0 Å². The fraction of sp³-hybridized carbons (Fsp3) is 0.579. The second-order valence-corrected chi connectivity index (χ2v) is 8.04. The summed E-state index contributed by atoms with van der Waals surface area (Å²) in [5, 5.41) is 2.06. The van der Waals surface area contributed by atoms with Gasteiger partial charge in [0.2, 0.25) is 11.8 Å². The maximum Gasteiger partial charge on any atom is 0.227 e. The van der Waals surface area contributed by atoms with Crippen LogP contribution in [0.1, 0.15) is 43.6 Å². The molecule has 8 heteroatoms. The molecular weight excluding hydrogens is 362 g/mol. The first-order valence-electron chi connectivity index (χ1n) is 9.60. The van der Waals surface area contributed by atoms with E-state index in [1.165, 1.54) is 0 Å². The summed E-state index contributed by atoms with van der Waals surface area (Å²) in [6, 6.07) is 0. The van der Waals surface area contributed by atoms with Crippen LogP contribution in [0.3, 0.4) is 0 Å². The molecule has 1 atom stereocenters. The third kappa shape index (κ3) is 3.76. The van der Waals surface area contributed by atoms with E-state index >= 15 is 0 Å². The maximum absolute atomic E-state index is 12.8. The molecule has 2 aromatic rings. The van der Waals surface area contributed by atoms with Crippen molar-refractivity contribution in [3.63, 3.8) is 0 Å². The molecule has 2 aliphatic heterocycles. The van der Waals surface area contributed by atoms with E-state index in [0.717, 1.165) is 44.0 Å². The molecule has 0 radical (unpaired) electrons. The van der Waals surface area contributed by atoms with E-state index in [-0.39, 0.29) is 17.7 Å². The Hall–Kier alpha value is -2.22. The number of nitrogens with zero attached hydrogens (tertiary/aromatic N) is 5. The van der Waals surface area contributed by atoms with Gasteiger partial charge in [-0.2, -0.15) is 0 Å². The van der Waals surface area contributed by atoms with Gasteiger partial charge < -0.3 is 14.4 Å². The Balaban J connectivity index is 1.35. The van der Waals surface area contributed by atoms with Crippen LogP contribution in [-0.2, 0) is 16.1 Å². The Morgan fingerprint density at radius 1 is 1.30 bits per heavy atom. The van der Waals surface area contributed by atoms with Crippen LogP contribution in [0, 0.1) is 5.92 Å². The van der Waals surface area contributed by atoms with Gasteiger partial charge in [-0.3, -0.25) is 9.59 Å². The Morgan fingerprint density at radius 2 is 2.11 bits per heavy atom. The Morgan fingerprint density at radius 3 is 2.78 bits per heavy atom. The van der Waals surface area contributed by atoms with Crippen LogP contribution in [0.2, 0.25) is 0 Å². The number of carbonyl (C=O) groups is 2. The lowest BCUT2D eigenvalue weighted by Gasteiger charge is -2.33. The topological polar surface area (TPSA) is 71.3 Å². The van der Waals surface area contributed by atoms with E-state index in [1.54, 1.807) is 16.2 Å². The normalized spacial score (nSPS) is 21.2.